The Morgan fingerprint density at radius 3 is 2.27 bits per heavy atom. The van der Waals surface area contributed by atoms with Crippen LogP contribution in [-0.4, -0.2) is 23.1 Å². The third kappa shape index (κ3) is 2.58. The maximum Gasteiger partial charge on any atom is 0.405 e. The van der Waals surface area contributed by atoms with Crippen LogP contribution in [0.2, 0.25) is 0 Å². The van der Waals surface area contributed by atoms with Crippen molar-refractivity contribution >= 4 is 28.4 Å². The Morgan fingerprint density at radius 2 is 1.62 bits per heavy atom. The number of benzene rings is 2. The lowest BCUT2D eigenvalue weighted by molar-refractivity contribution is -0.177. The Hall–Kier alpha value is -2.09. The molecule has 0 unspecified atom stereocenters. The third-order valence-electron chi connectivity index (χ3n) is 4.73. The van der Waals surface area contributed by atoms with Crippen molar-refractivity contribution in [2.45, 2.75) is 11.6 Å². The summed E-state index contributed by atoms with van der Waals surface area (Å²) in [6, 6.07) is 18.8. The van der Waals surface area contributed by atoms with Crippen molar-refractivity contribution in [3.63, 3.8) is 0 Å². The van der Waals surface area contributed by atoms with Crippen LogP contribution < -0.4 is 0 Å². The first-order chi connectivity index (χ1) is 12.4. The van der Waals surface area contributed by atoms with E-state index in [1.165, 1.54) is 12.1 Å². The van der Waals surface area contributed by atoms with Crippen molar-refractivity contribution in [1.82, 2.24) is 4.57 Å². The number of fused-ring (bicyclic) bond motifs is 1. The van der Waals surface area contributed by atoms with Crippen LogP contribution in [0.4, 0.5) is 13.2 Å². The van der Waals surface area contributed by atoms with Gasteiger partial charge in [0.15, 0.2) is 5.41 Å². The van der Waals surface area contributed by atoms with Gasteiger partial charge in [0, 0.05) is 21.0 Å². The fourth-order valence-corrected chi connectivity index (χ4v) is 3.81. The largest absolute Gasteiger partial charge is 0.405 e. The molecule has 1 aliphatic rings. The molecular weight excluding hydrogens is 452 g/mol. The van der Waals surface area contributed by atoms with Gasteiger partial charge in [0.25, 0.3) is 0 Å². The molecule has 1 aliphatic heterocycles. The van der Waals surface area contributed by atoms with Crippen molar-refractivity contribution in [2.24, 2.45) is 4.99 Å². The van der Waals surface area contributed by atoms with E-state index in [1.807, 2.05) is 24.3 Å². The van der Waals surface area contributed by atoms with Gasteiger partial charge in [0.1, 0.15) is 5.84 Å². The van der Waals surface area contributed by atoms with Crippen molar-refractivity contribution in [2.75, 3.05) is 6.54 Å². The van der Waals surface area contributed by atoms with Gasteiger partial charge < -0.3 is 4.57 Å². The van der Waals surface area contributed by atoms with Gasteiger partial charge in [-0.2, -0.15) is 13.2 Å². The topological polar surface area (TPSA) is 17.3 Å². The fraction of sp³-hybridized carbons (Fsp3) is 0.150. The van der Waals surface area contributed by atoms with Crippen LogP contribution >= 0.6 is 22.6 Å². The highest BCUT2D eigenvalue weighted by atomic mass is 127. The molecule has 0 N–H and O–H groups in total. The first-order valence-corrected chi connectivity index (χ1v) is 9.12. The van der Waals surface area contributed by atoms with E-state index in [1.54, 1.807) is 41.1 Å². The number of aromatic nitrogens is 1. The zero-order valence-corrected chi connectivity index (χ0v) is 15.7. The van der Waals surface area contributed by atoms with Crippen LogP contribution in [0.25, 0.3) is 0 Å². The number of alkyl halides is 3. The summed E-state index contributed by atoms with van der Waals surface area (Å²) < 4.78 is 45.6. The molecule has 0 fully saturated rings. The lowest BCUT2D eigenvalue weighted by Crippen LogP contribution is -2.50. The summed E-state index contributed by atoms with van der Waals surface area (Å²) in [5.74, 6) is 0.539. The Labute approximate surface area is 162 Å². The number of nitrogens with zero attached hydrogens (tertiary/aromatic N) is 2. The Kier molecular flexibility index (Phi) is 4.17. The van der Waals surface area contributed by atoms with Gasteiger partial charge in [0.05, 0.1) is 6.54 Å². The average Bonchev–Trinajstić information content (AvgIpc) is 3.11. The molecule has 2 aromatic carbocycles. The Balaban J connectivity index is 1.93. The summed E-state index contributed by atoms with van der Waals surface area (Å²) in [7, 11) is 0. The molecule has 0 amide bonds. The second-order valence-electron chi connectivity index (χ2n) is 6.18. The van der Waals surface area contributed by atoms with Crippen LogP contribution in [0.1, 0.15) is 16.8 Å². The normalized spacial score (nSPS) is 19.8. The van der Waals surface area contributed by atoms with E-state index >= 15 is 0 Å². The molecule has 3 aromatic rings. The molecule has 1 aromatic heterocycles. The van der Waals surface area contributed by atoms with E-state index in [2.05, 4.69) is 27.6 Å². The second-order valence-corrected chi connectivity index (χ2v) is 7.42. The third-order valence-corrected chi connectivity index (χ3v) is 5.45. The van der Waals surface area contributed by atoms with Crippen LogP contribution in [0.3, 0.4) is 0 Å². The number of hydrogen-bond acceptors (Lipinski definition) is 1. The minimum atomic E-state index is -4.47. The van der Waals surface area contributed by atoms with Gasteiger partial charge in [-0.3, -0.25) is 4.99 Å². The van der Waals surface area contributed by atoms with Crippen LogP contribution in [0.5, 0.6) is 0 Å². The van der Waals surface area contributed by atoms with Gasteiger partial charge in [-0.1, -0.05) is 42.5 Å². The zero-order chi connectivity index (χ0) is 18.4. The van der Waals surface area contributed by atoms with Crippen LogP contribution in [-0.2, 0) is 5.41 Å². The van der Waals surface area contributed by atoms with E-state index in [-0.39, 0.29) is 17.8 Å². The van der Waals surface area contributed by atoms with Crippen molar-refractivity contribution < 1.29 is 13.2 Å². The Bertz CT molecular complexity index is 959. The molecule has 0 radical (unpaired) electrons. The molecule has 0 spiro atoms. The highest BCUT2D eigenvalue weighted by molar-refractivity contribution is 14.1. The van der Waals surface area contributed by atoms with Crippen molar-refractivity contribution in [3.05, 3.63) is 93.3 Å². The molecule has 2 nitrogen and oxygen atoms in total. The molecule has 4 rings (SSSR count). The number of aliphatic imine (C=N–C) groups is 1. The molecule has 132 valence electrons. The van der Waals surface area contributed by atoms with Gasteiger partial charge >= 0.3 is 6.18 Å². The predicted molar refractivity (Wildman–Crippen MR) is 104 cm³/mol. The van der Waals surface area contributed by atoms with E-state index in [4.69, 9.17) is 0 Å². The summed E-state index contributed by atoms with van der Waals surface area (Å²) >= 11 is 2.19. The molecule has 0 saturated carbocycles. The highest BCUT2D eigenvalue weighted by Crippen LogP contribution is 2.48. The number of rotatable bonds is 2. The fourth-order valence-electron chi connectivity index (χ4n) is 3.45. The maximum absolute atomic E-state index is 14.3. The van der Waals surface area contributed by atoms with Crippen LogP contribution in [0.15, 0.2) is 77.9 Å². The molecule has 0 aliphatic carbocycles. The van der Waals surface area contributed by atoms with Gasteiger partial charge in [-0.15, -0.1) is 0 Å². The first-order valence-electron chi connectivity index (χ1n) is 8.04. The number of halogens is 4. The number of hydrogen-bond donors (Lipinski definition) is 0. The van der Waals surface area contributed by atoms with E-state index in [0.717, 1.165) is 9.13 Å². The first kappa shape index (κ1) is 17.3. The molecule has 6 heteroatoms. The highest BCUT2D eigenvalue weighted by Gasteiger charge is 2.59. The molecule has 2 heterocycles. The van der Waals surface area contributed by atoms with Crippen LogP contribution in [0, 0.1) is 3.57 Å². The predicted octanol–water partition coefficient (Wildman–Crippen LogP) is 5.25. The minimum absolute atomic E-state index is 0.194. The van der Waals surface area contributed by atoms with Gasteiger partial charge in [0.2, 0.25) is 0 Å². The standard InChI is InChI=1S/C20H14F3IN2/c21-20(22,23)19(15-5-2-1-3-6-15)13-25-18(26-12-4-7-17(19)26)14-8-10-16(24)11-9-14/h1-12H,13H2/t19-/m0/s1. The summed E-state index contributed by atoms with van der Waals surface area (Å²) in [6.07, 6.45) is -2.82. The summed E-state index contributed by atoms with van der Waals surface area (Å²) in [6.45, 7) is -0.369. The summed E-state index contributed by atoms with van der Waals surface area (Å²) in [5, 5.41) is 0. The van der Waals surface area contributed by atoms with Crippen molar-refractivity contribution in [3.8, 4) is 0 Å². The molecular formula is C20H14F3IN2. The second kappa shape index (κ2) is 6.26. The minimum Gasteiger partial charge on any atom is -0.304 e. The smallest absolute Gasteiger partial charge is 0.304 e. The van der Waals surface area contributed by atoms with Gasteiger partial charge in [-0.05, 0) is 52.4 Å². The molecule has 0 saturated heterocycles. The lowest BCUT2D eigenvalue weighted by Gasteiger charge is -2.39. The molecule has 0 bridgehead atoms. The summed E-state index contributed by atoms with van der Waals surface area (Å²) in [4.78, 5) is 4.40. The van der Waals surface area contributed by atoms with Crippen molar-refractivity contribution in [1.29, 1.82) is 0 Å². The SMILES string of the molecule is FC(F)(F)[C@]1(c2ccccc2)CN=C(c2ccc(I)cc2)n2cccc21. The van der Waals surface area contributed by atoms with E-state index in [0.29, 0.717) is 5.84 Å². The Morgan fingerprint density at radius 1 is 0.923 bits per heavy atom. The zero-order valence-electron chi connectivity index (χ0n) is 13.5. The van der Waals surface area contributed by atoms with E-state index < -0.39 is 11.6 Å². The monoisotopic (exact) mass is 466 g/mol. The van der Waals surface area contributed by atoms with E-state index in [9.17, 15) is 13.2 Å². The molecule has 26 heavy (non-hydrogen) atoms. The quantitative estimate of drug-likeness (QED) is 0.460. The molecule has 1 atom stereocenters. The average molecular weight is 466 g/mol. The van der Waals surface area contributed by atoms with Gasteiger partial charge in [-0.25, -0.2) is 0 Å². The maximum atomic E-state index is 14.3. The summed E-state index contributed by atoms with van der Waals surface area (Å²) in [5.41, 5.74) is -0.950. The lowest BCUT2D eigenvalue weighted by atomic mass is 9.75.